The van der Waals surface area contributed by atoms with E-state index in [1.54, 1.807) is 7.05 Å². The smallest absolute Gasteiger partial charge is 0.331 e. The fourth-order valence-electron chi connectivity index (χ4n) is 5.16. The van der Waals surface area contributed by atoms with Gasteiger partial charge in [0.25, 0.3) is 5.56 Å². The van der Waals surface area contributed by atoms with Gasteiger partial charge in [0, 0.05) is 24.7 Å². The Labute approximate surface area is 212 Å². The van der Waals surface area contributed by atoms with Crippen molar-refractivity contribution in [3.63, 3.8) is 0 Å². The predicted octanol–water partition coefficient (Wildman–Crippen LogP) is 5.45. The number of hydrogen-bond acceptors (Lipinski definition) is 3. The molecule has 7 heteroatoms. The second-order valence-corrected chi connectivity index (χ2v) is 9.76. The second kappa shape index (κ2) is 8.00. The number of aryl methyl sites for hydroxylation is 3. The van der Waals surface area contributed by atoms with Gasteiger partial charge in [-0.3, -0.25) is 13.9 Å². The third-order valence-corrected chi connectivity index (χ3v) is 7.31. The molecule has 0 spiro atoms. The van der Waals surface area contributed by atoms with Gasteiger partial charge in [-0.05, 0) is 43.2 Å². The van der Waals surface area contributed by atoms with Crippen molar-refractivity contribution in [1.29, 1.82) is 0 Å². The number of rotatable bonds is 2. The molecule has 6 nitrogen and oxygen atoms in total. The Morgan fingerprint density at radius 3 is 2.28 bits per heavy atom. The molecule has 0 saturated heterocycles. The fourth-order valence-corrected chi connectivity index (χ4v) is 5.39. The largest absolute Gasteiger partial charge is 0.477 e. The van der Waals surface area contributed by atoms with Crippen LogP contribution in [0.5, 0.6) is 5.75 Å². The Balaban J connectivity index is 1.88. The van der Waals surface area contributed by atoms with E-state index in [1.165, 1.54) is 11.6 Å². The van der Waals surface area contributed by atoms with Crippen molar-refractivity contribution in [2.24, 2.45) is 14.1 Å². The van der Waals surface area contributed by atoms with Crippen LogP contribution in [0, 0.1) is 13.8 Å². The van der Waals surface area contributed by atoms with Crippen molar-refractivity contribution < 1.29 is 4.74 Å². The topological polar surface area (TPSA) is 58.2 Å². The summed E-state index contributed by atoms with van der Waals surface area (Å²) < 4.78 is 11.4. The second-order valence-electron chi connectivity index (χ2n) is 9.36. The highest BCUT2D eigenvalue weighted by atomic mass is 35.5. The molecule has 0 aliphatic carbocycles. The molecule has 3 aromatic carbocycles. The normalized spacial score (nSPS) is 14.4. The maximum atomic E-state index is 13.7. The van der Waals surface area contributed by atoms with Crippen LogP contribution in [0.15, 0.2) is 76.3 Å². The van der Waals surface area contributed by atoms with E-state index in [9.17, 15) is 9.59 Å². The van der Waals surface area contributed by atoms with E-state index in [4.69, 9.17) is 16.3 Å². The molecule has 0 radical (unpaired) electrons. The molecule has 6 rings (SSSR count). The molecule has 0 amide bonds. The van der Waals surface area contributed by atoms with Crippen LogP contribution < -0.4 is 16.0 Å². The average Bonchev–Trinajstić information content (AvgIpc) is 3.23. The average molecular weight is 498 g/mol. The quantitative estimate of drug-likeness (QED) is 0.326. The molecule has 0 saturated carbocycles. The highest BCUT2D eigenvalue weighted by molar-refractivity contribution is 6.31. The maximum Gasteiger partial charge on any atom is 0.331 e. The Kier molecular flexibility index (Phi) is 4.99. The summed E-state index contributed by atoms with van der Waals surface area (Å²) in [7, 11) is 3.21. The first-order valence-corrected chi connectivity index (χ1v) is 12.1. The lowest BCUT2D eigenvalue weighted by atomic mass is 10.0. The van der Waals surface area contributed by atoms with E-state index >= 15 is 0 Å². The van der Waals surface area contributed by atoms with E-state index in [-0.39, 0.29) is 5.56 Å². The molecule has 1 atom stereocenters. The van der Waals surface area contributed by atoms with Crippen molar-refractivity contribution >= 4 is 22.5 Å². The van der Waals surface area contributed by atoms with Crippen molar-refractivity contribution in [3.8, 4) is 22.7 Å². The Morgan fingerprint density at radius 1 is 0.861 bits per heavy atom. The van der Waals surface area contributed by atoms with Gasteiger partial charge < -0.3 is 9.30 Å². The minimum absolute atomic E-state index is 0.349. The molecule has 180 valence electrons. The van der Waals surface area contributed by atoms with E-state index in [0.717, 1.165) is 38.2 Å². The zero-order chi connectivity index (χ0) is 25.3. The molecule has 0 fully saturated rings. The molecule has 5 aromatic rings. The van der Waals surface area contributed by atoms with Gasteiger partial charge >= 0.3 is 5.69 Å². The van der Waals surface area contributed by atoms with Crippen LogP contribution in [0.4, 0.5) is 0 Å². The number of nitrogens with zero attached hydrogens (tertiary/aromatic N) is 3. The predicted molar refractivity (Wildman–Crippen MR) is 143 cm³/mol. The van der Waals surface area contributed by atoms with Gasteiger partial charge in [0.15, 0.2) is 6.10 Å². The fraction of sp³-hybridized carbons (Fsp3) is 0.172. The van der Waals surface area contributed by atoms with E-state index in [1.807, 2.05) is 80.6 Å². The van der Waals surface area contributed by atoms with Crippen LogP contribution in [0.2, 0.25) is 5.02 Å². The first kappa shape index (κ1) is 22.4. The summed E-state index contributed by atoms with van der Waals surface area (Å²) in [6, 6.07) is 21.6. The highest BCUT2D eigenvalue weighted by Gasteiger charge is 2.37. The van der Waals surface area contributed by atoms with Gasteiger partial charge in [-0.25, -0.2) is 4.79 Å². The Morgan fingerprint density at radius 2 is 1.56 bits per heavy atom. The lowest BCUT2D eigenvalue weighted by Gasteiger charge is -2.30. The third kappa shape index (κ3) is 3.11. The number of ether oxygens (including phenoxy) is 1. The van der Waals surface area contributed by atoms with E-state index in [2.05, 4.69) is 4.57 Å². The summed E-state index contributed by atoms with van der Waals surface area (Å²) in [5, 5.41) is 1.01. The summed E-state index contributed by atoms with van der Waals surface area (Å²) in [6.45, 7) is 4.04. The minimum atomic E-state index is -0.631. The lowest BCUT2D eigenvalue weighted by molar-refractivity contribution is 0.229. The lowest BCUT2D eigenvalue weighted by Crippen LogP contribution is -2.37. The monoisotopic (exact) mass is 497 g/mol. The molecule has 1 aliphatic heterocycles. The first-order chi connectivity index (χ1) is 17.3. The van der Waals surface area contributed by atoms with Gasteiger partial charge in [0.2, 0.25) is 0 Å². The summed E-state index contributed by atoms with van der Waals surface area (Å²) in [6.07, 6.45) is -0.631. The van der Waals surface area contributed by atoms with E-state index in [0.29, 0.717) is 27.4 Å². The molecule has 0 unspecified atom stereocenters. The van der Waals surface area contributed by atoms with Gasteiger partial charge in [0.05, 0.1) is 28.0 Å². The standard InChI is InChI=1S/C29H24ClN3O3/c1-16-9-12-18(13-10-16)24-23-25(31(3)29(35)32(4)28(23)34)26-27(19-7-5-6-8-20(19)30)36-22-14-11-17(2)15-21(22)33(24)26/h5-15,27H,1-4H3/t27-/m1/s1. The van der Waals surface area contributed by atoms with Crippen molar-refractivity contribution in [3.05, 3.63) is 115 Å². The summed E-state index contributed by atoms with van der Waals surface area (Å²) in [4.78, 5) is 26.9. The molecular formula is C29H24ClN3O3. The van der Waals surface area contributed by atoms with Crippen LogP contribution in [-0.4, -0.2) is 13.7 Å². The van der Waals surface area contributed by atoms with Crippen LogP contribution in [0.1, 0.15) is 28.5 Å². The molecule has 0 bridgehead atoms. The SMILES string of the molecule is Cc1ccc(-c2c3c(=O)n(C)c(=O)n(C)c3c3n2-c2cc(C)ccc2O[C@@H]3c2ccccc2Cl)cc1. The number of fused-ring (bicyclic) bond motifs is 5. The van der Waals surface area contributed by atoms with Gasteiger partial charge in [-0.1, -0.05) is 65.7 Å². The minimum Gasteiger partial charge on any atom is -0.477 e. The zero-order valence-electron chi connectivity index (χ0n) is 20.4. The summed E-state index contributed by atoms with van der Waals surface area (Å²) >= 11 is 6.67. The molecule has 36 heavy (non-hydrogen) atoms. The number of benzene rings is 3. The van der Waals surface area contributed by atoms with Crippen LogP contribution >= 0.6 is 11.6 Å². The van der Waals surface area contributed by atoms with Gasteiger partial charge in [0.1, 0.15) is 5.75 Å². The molecular weight excluding hydrogens is 474 g/mol. The van der Waals surface area contributed by atoms with Crippen molar-refractivity contribution in [2.45, 2.75) is 20.0 Å². The summed E-state index contributed by atoms with van der Waals surface area (Å²) in [5.41, 5.74) is 5.82. The van der Waals surface area contributed by atoms with Crippen LogP contribution in [-0.2, 0) is 14.1 Å². The first-order valence-electron chi connectivity index (χ1n) is 11.7. The van der Waals surface area contributed by atoms with Crippen LogP contribution in [0.3, 0.4) is 0 Å². The summed E-state index contributed by atoms with van der Waals surface area (Å²) in [5.74, 6) is 0.675. The molecule has 3 heterocycles. The highest BCUT2D eigenvalue weighted by Crippen LogP contribution is 2.47. The van der Waals surface area contributed by atoms with Crippen molar-refractivity contribution in [2.75, 3.05) is 0 Å². The van der Waals surface area contributed by atoms with Crippen molar-refractivity contribution in [1.82, 2.24) is 13.7 Å². The number of aromatic nitrogens is 3. The zero-order valence-corrected chi connectivity index (χ0v) is 21.1. The van der Waals surface area contributed by atoms with Crippen LogP contribution in [0.25, 0.3) is 27.8 Å². The van der Waals surface area contributed by atoms with Gasteiger partial charge in [-0.2, -0.15) is 0 Å². The van der Waals surface area contributed by atoms with Gasteiger partial charge in [-0.15, -0.1) is 0 Å². The number of hydrogen-bond donors (Lipinski definition) is 0. The molecule has 1 aliphatic rings. The third-order valence-electron chi connectivity index (χ3n) is 6.97. The Bertz CT molecular complexity index is 1810. The van der Waals surface area contributed by atoms with E-state index < -0.39 is 11.8 Å². The number of halogens is 1. The Hall–Kier alpha value is -4.03. The maximum absolute atomic E-state index is 13.7. The molecule has 2 aromatic heterocycles. The molecule has 0 N–H and O–H groups in total.